The number of carbonyl (C=O) groups excluding carboxylic acids is 2. The van der Waals surface area contributed by atoms with Crippen molar-refractivity contribution in [3.8, 4) is 0 Å². The maximum atomic E-state index is 12.5. The first-order chi connectivity index (χ1) is 11.2. The van der Waals surface area contributed by atoms with E-state index in [2.05, 4.69) is 4.98 Å². The SMILES string of the molecule is O=C(c1cn2ccsc2n1)N1CCN(C(=O)c2cccs2)CC1. The Labute approximate surface area is 140 Å². The van der Waals surface area contributed by atoms with Gasteiger partial charge in [-0.15, -0.1) is 22.7 Å². The van der Waals surface area contributed by atoms with Crippen molar-refractivity contribution in [2.75, 3.05) is 26.2 Å². The van der Waals surface area contributed by atoms with Gasteiger partial charge in [-0.3, -0.25) is 14.0 Å². The Bertz CT molecular complexity index is 815. The first-order valence-corrected chi connectivity index (χ1v) is 9.02. The second-order valence-electron chi connectivity index (χ2n) is 5.28. The van der Waals surface area contributed by atoms with Gasteiger partial charge in [0.25, 0.3) is 11.8 Å². The summed E-state index contributed by atoms with van der Waals surface area (Å²) in [6.45, 7) is 2.21. The summed E-state index contributed by atoms with van der Waals surface area (Å²) in [6.07, 6.45) is 3.65. The topological polar surface area (TPSA) is 57.9 Å². The highest BCUT2D eigenvalue weighted by molar-refractivity contribution is 7.15. The van der Waals surface area contributed by atoms with Crippen molar-refractivity contribution in [1.29, 1.82) is 0 Å². The number of fused-ring (bicyclic) bond motifs is 1. The van der Waals surface area contributed by atoms with Gasteiger partial charge in [-0.25, -0.2) is 4.98 Å². The Hall–Kier alpha value is -2.19. The van der Waals surface area contributed by atoms with Crippen LogP contribution in [0.5, 0.6) is 0 Å². The fraction of sp³-hybridized carbons (Fsp3) is 0.267. The van der Waals surface area contributed by atoms with E-state index in [1.165, 1.54) is 22.7 Å². The first-order valence-electron chi connectivity index (χ1n) is 7.26. The molecule has 3 aromatic heterocycles. The number of piperazine rings is 1. The number of nitrogens with zero attached hydrogens (tertiary/aromatic N) is 4. The van der Waals surface area contributed by atoms with Crippen molar-refractivity contribution < 1.29 is 9.59 Å². The van der Waals surface area contributed by atoms with E-state index >= 15 is 0 Å². The van der Waals surface area contributed by atoms with Crippen LogP contribution in [0.4, 0.5) is 0 Å². The van der Waals surface area contributed by atoms with Gasteiger partial charge >= 0.3 is 0 Å². The van der Waals surface area contributed by atoms with Gasteiger partial charge in [0.1, 0.15) is 5.69 Å². The van der Waals surface area contributed by atoms with Gasteiger partial charge in [-0.05, 0) is 11.4 Å². The molecule has 0 aliphatic carbocycles. The number of hydrogen-bond donors (Lipinski definition) is 0. The largest absolute Gasteiger partial charge is 0.334 e. The van der Waals surface area contributed by atoms with Crippen LogP contribution in [0.25, 0.3) is 4.96 Å². The van der Waals surface area contributed by atoms with Crippen LogP contribution in [0.2, 0.25) is 0 Å². The molecule has 8 heteroatoms. The first kappa shape index (κ1) is 14.4. The highest BCUT2D eigenvalue weighted by Crippen LogP contribution is 2.16. The average Bonchev–Trinajstić information content (AvgIpc) is 3.29. The molecule has 1 saturated heterocycles. The standard InChI is InChI=1S/C15H14N4O2S2/c20-13(11-10-19-7-9-23-15(19)16-11)17-3-5-18(6-4-17)14(21)12-2-1-8-22-12/h1-2,7-10H,3-6H2. The summed E-state index contributed by atoms with van der Waals surface area (Å²) in [6, 6.07) is 3.71. The fourth-order valence-electron chi connectivity index (χ4n) is 2.66. The van der Waals surface area contributed by atoms with E-state index in [0.717, 1.165) is 9.84 Å². The molecule has 0 bridgehead atoms. The normalized spacial score (nSPS) is 15.3. The van der Waals surface area contributed by atoms with Gasteiger partial charge in [0, 0.05) is 44.0 Å². The molecule has 0 radical (unpaired) electrons. The maximum Gasteiger partial charge on any atom is 0.274 e. The predicted octanol–water partition coefficient (Wildman–Crippen LogP) is 2.06. The third-order valence-corrected chi connectivity index (χ3v) is 5.53. The molecular formula is C15H14N4O2S2. The van der Waals surface area contributed by atoms with Gasteiger partial charge in [0.05, 0.1) is 4.88 Å². The number of hydrogen-bond acceptors (Lipinski definition) is 5. The Morgan fingerprint density at radius 1 is 1.00 bits per heavy atom. The van der Waals surface area contributed by atoms with Crippen LogP contribution in [-0.2, 0) is 0 Å². The molecule has 0 saturated carbocycles. The Morgan fingerprint density at radius 3 is 2.39 bits per heavy atom. The van der Waals surface area contributed by atoms with Crippen LogP contribution in [-0.4, -0.2) is 57.2 Å². The summed E-state index contributed by atoms with van der Waals surface area (Å²) in [4.78, 5) is 34.3. The van der Waals surface area contributed by atoms with Crippen LogP contribution in [0.3, 0.4) is 0 Å². The molecule has 3 aromatic rings. The molecule has 118 valence electrons. The monoisotopic (exact) mass is 346 g/mol. The van der Waals surface area contributed by atoms with Crippen molar-refractivity contribution in [3.05, 3.63) is 45.9 Å². The highest BCUT2D eigenvalue weighted by atomic mass is 32.1. The van der Waals surface area contributed by atoms with E-state index in [9.17, 15) is 9.59 Å². The summed E-state index contributed by atoms with van der Waals surface area (Å²) < 4.78 is 1.86. The molecule has 0 atom stereocenters. The lowest BCUT2D eigenvalue weighted by Crippen LogP contribution is -2.50. The van der Waals surface area contributed by atoms with E-state index in [-0.39, 0.29) is 11.8 Å². The molecule has 2 amide bonds. The lowest BCUT2D eigenvalue weighted by molar-refractivity contribution is 0.0535. The summed E-state index contributed by atoms with van der Waals surface area (Å²) in [5.41, 5.74) is 0.467. The molecule has 1 aliphatic rings. The lowest BCUT2D eigenvalue weighted by atomic mass is 10.2. The molecule has 1 fully saturated rings. The summed E-state index contributed by atoms with van der Waals surface area (Å²) >= 11 is 2.95. The molecule has 4 rings (SSSR count). The average molecular weight is 346 g/mol. The van der Waals surface area contributed by atoms with Crippen LogP contribution >= 0.6 is 22.7 Å². The number of amides is 2. The van der Waals surface area contributed by atoms with E-state index in [4.69, 9.17) is 0 Å². The van der Waals surface area contributed by atoms with Crippen LogP contribution in [0.1, 0.15) is 20.2 Å². The zero-order valence-electron chi connectivity index (χ0n) is 12.2. The highest BCUT2D eigenvalue weighted by Gasteiger charge is 2.27. The van der Waals surface area contributed by atoms with Crippen molar-refractivity contribution in [2.24, 2.45) is 0 Å². The van der Waals surface area contributed by atoms with E-state index < -0.39 is 0 Å². The number of thiazole rings is 1. The van der Waals surface area contributed by atoms with Gasteiger partial charge in [0.15, 0.2) is 4.96 Å². The van der Waals surface area contributed by atoms with E-state index in [1.54, 1.807) is 16.0 Å². The molecule has 23 heavy (non-hydrogen) atoms. The number of imidazole rings is 1. The second-order valence-corrected chi connectivity index (χ2v) is 7.10. The smallest absolute Gasteiger partial charge is 0.274 e. The number of thiophene rings is 1. The van der Waals surface area contributed by atoms with Crippen molar-refractivity contribution in [1.82, 2.24) is 19.2 Å². The van der Waals surface area contributed by atoms with Gasteiger partial charge < -0.3 is 9.80 Å². The van der Waals surface area contributed by atoms with Crippen LogP contribution < -0.4 is 0 Å². The summed E-state index contributed by atoms with van der Waals surface area (Å²) in [7, 11) is 0. The van der Waals surface area contributed by atoms with Crippen molar-refractivity contribution in [2.45, 2.75) is 0 Å². The minimum absolute atomic E-state index is 0.0506. The third-order valence-electron chi connectivity index (χ3n) is 3.90. The lowest BCUT2D eigenvalue weighted by Gasteiger charge is -2.34. The van der Waals surface area contributed by atoms with Crippen molar-refractivity contribution >= 4 is 39.4 Å². The molecule has 1 aliphatic heterocycles. The number of aromatic nitrogens is 2. The number of rotatable bonds is 2. The quantitative estimate of drug-likeness (QED) is 0.714. The van der Waals surface area contributed by atoms with Crippen LogP contribution in [0.15, 0.2) is 35.3 Å². The third kappa shape index (κ3) is 2.64. The van der Waals surface area contributed by atoms with Crippen LogP contribution in [0, 0.1) is 0 Å². The molecule has 6 nitrogen and oxygen atoms in total. The van der Waals surface area contributed by atoms with Gasteiger partial charge in [0.2, 0.25) is 0 Å². The predicted molar refractivity (Wildman–Crippen MR) is 89.2 cm³/mol. The summed E-state index contributed by atoms with van der Waals surface area (Å²) in [5, 5.41) is 3.84. The zero-order valence-corrected chi connectivity index (χ0v) is 13.8. The van der Waals surface area contributed by atoms with E-state index in [0.29, 0.717) is 31.9 Å². The van der Waals surface area contributed by atoms with E-state index in [1.807, 2.05) is 33.5 Å². The minimum Gasteiger partial charge on any atom is -0.334 e. The molecule has 4 heterocycles. The maximum absolute atomic E-state index is 12.5. The second kappa shape index (κ2) is 5.78. The Morgan fingerprint density at radius 2 is 1.74 bits per heavy atom. The molecule has 0 spiro atoms. The fourth-order valence-corrected chi connectivity index (χ4v) is 4.05. The van der Waals surface area contributed by atoms with Gasteiger partial charge in [-0.2, -0.15) is 0 Å². The molecule has 0 N–H and O–H groups in total. The molecule has 0 aromatic carbocycles. The van der Waals surface area contributed by atoms with Gasteiger partial charge in [-0.1, -0.05) is 6.07 Å². The summed E-state index contributed by atoms with van der Waals surface area (Å²) in [5.74, 6) is -0.0151. The zero-order chi connectivity index (χ0) is 15.8. The Kier molecular flexibility index (Phi) is 3.62. The molecular weight excluding hydrogens is 332 g/mol. The molecule has 0 unspecified atom stereocenters. The van der Waals surface area contributed by atoms with Crippen molar-refractivity contribution in [3.63, 3.8) is 0 Å². The Balaban J connectivity index is 1.42. The number of carbonyl (C=O) groups is 2. The minimum atomic E-state index is -0.0656.